The van der Waals surface area contributed by atoms with E-state index in [2.05, 4.69) is 111 Å². The predicted molar refractivity (Wildman–Crippen MR) is 338 cm³/mol. The summed E-state index contributed by atoms with van der Waals surface area (Å²) >= 11 is 0. The van der Waals surface area contributed by atoms with Gasteiger partial charge in [0.1, 0.15) is 24.4 Å². The first kappa shape index (κ1) is 75.3. The number of carbonyl (C=O) groups is 2. The Labute approximate surface area is 494 Å². The smallest absolute Gasteiger partial charge is 0.306 e. The van der Waals surface area contributed by atoms with Crippen LogP contribution in [0.5, 0.6) is 0 Å². The standard InChI is InChI=1S/C70H119NO10/c1-4-7-10-13-16-19-22-25-27-29-30-31-32-33-34-35-37-40-43-46-49-52-55-58-65(75)81-68-67(77)66(76)64(59-72)80-70(68)79-60-61(62(73)56-53-50-47-44-41-38-24-21-18-15-12-9-6-3)71-69(78)63(74)57-54-51-48-45-42-39-36-28-26-23-20-17-14-11-8-5-2/h8,11,16-17,19-20,25-28,30-31,39,42,48,51,53,56,61-64,66-68,70,72-74,76-77H,4-7,9-10,12-15,18,21-24,29,32-38,40-41,43-47,49-50,52,54-55,57-60H2,1-3H3,(H,71,78)/b11-8-,19-16-,20-17-,27-25-,28-26-,31-30-,42-39-,51-48-,56-53+. The molecule has 0 aromatic heterocycles. The highest BCUT2D eigenvalue weighted by Gasteiger charge is 2.47. The van der Waals surface area contributed by atoms with Gasteiger partial charge in [0.15, 0.2) is 12.4 Å². The number of aliphatic hydroxyl groups excluding tert-OH is 5. The molecule has 1 fully saturated rings. The third-order valence-electron chi connectivity index (χ3n) is 14.7. The number of nitrogens with one attached hydrogen (secondary N) is 1. The average Bonchev–Trinajstić information content (AvgIpc) is 3.47. The summed E-state index contributed by atoms with van der Waals surface area (Å²) in [5.41, 5.74) is 0. The maximum Gasteiger partial charge on any atom is 0.306 e. The number of unbranched alkanes of at least 4 members (excludes halogenated alkanes) is 24. The second kappa shape index (κ2) is 56.8. The minimum Gasteiger partial charge on any atom is -0.454 e. The van der Waals surface area contributed by atoms with Gasteiger partial charge in [0.05, 0.1) is 25.4 Å². The largest absolute Gasteiger partial charge is 0.454 e. The normalized spacial score (nSPS) is 19.4. The second-order valence-corrected chi connectivity index (χ2v) is 22.1. The minimum absolute atomic E-state index is 0.107. The molecular formula is C70H119NO10. The summed E-state index contributed by atoms with van der Waals surface area (Å²) in [6, 6.07) is -1.06. The van der Waals surface area contributed by atoms with Crippen LogP contribution in [0.25, 0.3) is 0 Å². The van der Waals surface area contributed by atoms with Gasteiger partial charge in [0, 0.05) is 6.42 Å². The van der Waals surface area contributed by atoms with Gasteiger partial charge in [-0.05, 0) is 103 Å². The zero-order valence-electron chi connectivity index (χ0n) is 51.4. The van der Waals surface area contributed by atoms with Crippen molar-refractivity contribution in [1.29, 1.82) is 0 Å². The molecule has 464 valence electrons. The first-order valence-electron chi connectivity index (χ1n) is 32.7. The second-order valence-electron chi connectivity index (χ2n) is 22.1. The molecule has 81 heavy (non-hydrogen) atoms. The lowest BCUT2D eigenvalue weighted by atomic mass is 9.99. The molecule has 0 bridgehead atoms. The van der Waals surface area contributed by atoms with E-state index in [9.17, 15) is 35.1 Å². The first-order valence-corrected chi connectivity index (χ1v) is 32.7. The summed E-state index contributed by atoms with van der Waals surface area (Å²) in [5, 5.41) is 57.0. The molecular weight excluding hydrogens is 1010 g/mol. The molecule has 1 rings (SSSR count). The number of esters is 1. The van der Waals surface area contributed by atoms with Crippen LogP contribution in [0, 0.1) is 0 Å². The fourth-order valence-electron chi connectivity index (χ4n) is 9.52. The molecule has 0 aromatic carbocycles. The number of amides is 1. The molecule has 0 saturated carbocycles. The molecule has 0 radical (unpaired) electrons. The third kappa shape index (κ3) is 44.5. The first-order chi connectivity index (χ1) is 39.7. The SMILES string of the molecule is CC/C=C\C/C=C\C/C=C\C/C=C\C/C=C\CCC(O)C(=O)NC(COC1OC(CO)C(O)C(O)C1OC(=O)CCCCCCCCCCCC/C=C\C/C=C\C/C=C\CCCCC)C(O)/C=C/CCCCCCCCCCCCC. The van der Waals surface area contributed by atoms with E-state index in [4.69, 9.17) is 14.2 Å². The highest BCUT2D eigenvalue weighted by Crippen LogP contribution is 2.26. The van der Waals surface area contributed by atoms with Crippen molar-refractivity contribution in [2.75, 3.05) is 13.2 Å². The Morgan fingerprint density at radius 2 is 0.889 bits per heavy atom. The topological polar surface area (TPSA) is 175 Å². The van der Waals surface area contributed by atoms with E-state index >= 15 is 0 Å². The van der Waals surface area contributed by atoms with Crippen molar-refractivity contribution >= 4 is 11.9 Å². The van der Waals surface area contributed by atoms with E-state index in [1.807, 2.05) is 18.2 Å². The van der Waals surface area contributed by atoms with Gasteiger partial charge in [-0.3, -0.25) is 9.59 Å². The van der Waals surface area contributed by atoms with Crippen molar-refractivity contribution in [2.24, 2.45) is 0 Å². The van der Waals surface area contributed by atoms with Crippen molar-refractivity contribution < 1.29 is 49.3 Å². The summed E-state index contributed by atoms with van der Waals surface area (Å²) < 4.78 is 17.6. The number of rotatable bonds is 54. The summed E-state index contributed by atoms with van der Waals surface area (Å²) in [6.07, 6.45) is 67.0. The monoisotopic (exact) mass is 1130 g/mol. The van der Waals surface area contributed by atoms with Crippen LogP contribution in [0.4, 0.5) is 0 Å². The lowest BCUT2D eigenvalue weighted by molar-refractivity contribution is -0.305. The zero-order chi connectivity index (χ0) is 58.9. The van der Waals surface area contributed by atoms with E-state index in [0.29, 0.717) is 12.8 Å². The number of carbonyl (C=O) groups excluding carboxylic acids is 2. The van der Waals surface area contributed by atoms with E-state index in [1.54, 1.807) is 6.08 Å². The summed E-state index contributed by atoms with van der Waals surface area (Å²) in [5.74, 6) is -1.26. The molecule has 1 saturated heterocycles. The highest BCUT2D eigenvalue weighted by molar-refractivity contribution is 5.80. The molecule has 1 aliphatic heterocycles. The molecule has 8 atom stereocenters. The van der Waals surface area contributed by atoms with Crippen LogP contribution >= 0.6 is 0 Å². The zero-order valence-corrected chi connectivity index (χ0v) is 51.4. The van der Waals surface area contributed by atoms with Gasteiger partial charge in [-0.1, -0.05) is 259 Å². The van der Waals surface area contributed by atoms with E-state index in [1.165, 1.54) is 109 Å². The van der Waals surface area contributed by atoms with Crippen LogP contribution in [0.1, 0.15) is 258 Å². The van der Waals surface area contributed by atoms with Gasteiger partial charge in [0.25, 0.3) is 0 Å². The predicted octanol–water partition coefficient (Wildman–Crippen LogP) is 16.1. The lowest BCUT2D eigenvalue weighted by Crippen LogP contribution is -2.61. The molecule has 1 aliphatic rings. The number of aliphatic hydroxyl groups is 5. The molecule has 0 spiro atoms. The number of hydrogen-bond donors (Lipinski definition) is 6. The van der Waals surface area contributed by atoms with Crippen molar-refractivity contribution in [3.05, 3.63) is 109 Å². The fraction of sp³-hybridized carbons (Fsp3) is 0.714. The maximum atomic E-state index is 13.4. The molecule has 11 nitrogen and oxygen atoms in total. The number of ether oxygens (including phenoxy) is 3. The Bertz CT molecular complexity index is 1730. The molecule has 0 aliphatic carbocycles. The van der Waals surface area contributed by atoms with Gasteiger partial charge in [-0.15, -0.1) is 0 Å². The van der Waals surface area contributed by atoms with Gasteiger partial charge in [-0.2, -0.15) is 0 Å². The molecule has 0 aromatic rings. The van der Waals surface area contributed by atoms with Crippen LogP contribution in [0.3, 0.4) is 0 Å². The van der Waals surface area contributed by atoms with Crippen molar-refractivity contribution in [2.45, 2.75) is 307 Å². The van der Waals surface area contributed by atoms with Crippen LogP contribution < -0.4 is 5.32 Å². The van der Waals surface area contributed by atoms with E-state index in [0.717, 1.165) is 103 Å². The number of hydrogen-bond acceptors (Lipinski definition) is 10. The summed E-state index contributed by atoms with van der Waals surface area (Å²) in [7, 11) is 0. The average molecular weight is 1130 g/mol. The minimum atomic E-state index is -1.63. The van der Waals surface area contributed by atoms with E-state index in [-0.39, 0.29) is 19.4 Å². The van der Waals surface area contributed by atoms with Crippen molar-refractivity contribution in [1.82, 2.24) is 5.32 Å². The Kier molecular flexibility index (Phi) is 52.8. The lowest BCUT2D eigenvalue weighted by Gasteiger charge is -2.41. The fourth-order valence-corrected chi connectivity index (χ4v) is 9.52. The molecule has 1 amide bonds. The van der Waals surface area contributed by atoms with Gasteiger partial charge < -0.3 is 45.1 Å². The Morgan fingerprint density at radius 3 is 1.36 bits per heavy atom. The van der Waals surface area contributed by atoms with Crippen LogP contribution in [-0.2, 0) is 23.8 Å². The van der Waals surface area contributed by atoms with Gasteiger partial charge in [-0.25, -0.2) is 0 Å². The van der Waals surface area contributed by atoms with Gasteiger partial charge >= 0.3 is 5.97 Å². The third-order valence-corrected chi connectivity index (χ3v) is 14.7. The summed E-state index contributed by atoms with van der Waals surface area (Å²) in [4.78, 5) is 26.6. The maximum absolute atomic E-state index is 13.4. The highest BCUT2D eigenvalue weighted by atomic mass is 16.7. The molecule has 1 heterocycles. The number of allylic oxidation sites excluding steroid dienone is 17. The van der Waals surface area contributed by atoms with Crippen LogP contribution in [0.15, 0.2) is 109 Å². The van der Waals surface area contributed by atoms with Gasteiger partial charge in [0.2, 0.25) is 5.91 Å². The van der Waals surface area contributed by atoms with Crippen molar-refractivity contribution in [3.8, 4) is 0 Å². The van der Waals surface area contributed by atoms with Crippen LogP contribution in [-0.4, -0.2) is 99.6 Å². The van der Waals surface area contributed by atoms with Crippen molar-refractivity contribution in [3.63, 3.8) is 0 Å². The summed E-state index contributed by atoms with van der Waals surface area (Å²) in [6.45, 7) is 5.61. The van der Waals surface area contributed by atoms with Crippen LogP contribution in [0.2, 0.25) is 0 Å². The van der Waals surface area contributed by atoms with E-state index < -0.39 is 67.4 Å². The molecule has 8 unspecified atom stereocenters. The Morgan fingerprint density at radius 1 is 0.494 bits per heavy atom. The Balaban J connectivity index is 2.68. The molecule has 11 heteroatoms. The quantitative estimate of drug-likeness (QED) is 0.0195. The Hall–Kier alpha value is -3.68. The molecule has 6 N–H and O–H groups in total.